The summed E-state index contributed by atoms with van der Waals surface area (Å²) in [7, 11) is 1.21. The van der Waals surface area contributed by atoms with Crippen molar-refractivity contribution < 1.29 is 23.5 Å². The minimum Gasteiger partial charge on any atom is -0.494 e. The molecule has 0 aliphatic carbocycles. The molecule has 0 bridgehead atoms. The first-order valence-corrected chi connectivity index (χ1v) is 9.44. The Hall–Kier alpha value is -4.08. The number of methoxy groups -OCH3 is 1. The fourth-order valence-corrected chi connectivity index (χ4v) is 3.37. The van der Waals surface area contributed by atoms with Crippen LogP contribution in [0, 0.1) is 5.82 Å². The number of nitrogens with zero attached hydrogens (tertiary/aromatic N) is 4. The molecule has 1 aliphatic heterocycles. The lowest BCUT2D eigenvalue weighted by Gasteiger charge is -2.28. The zero-order chi connectivity index (χ0) is 22.0. The van der Waals surface area contributed by atoms with Gasteiger partial charge in [0.25, 0.3) is 0 Å². The number of nitrogens with one attached hydrogen (secondary N) is 1. The highest BCUT2D eigenvalue weighted by molar-refractivity contribution is 6.14. The van der Waals surface area contributed by atoms with Crippen LogP contribution in [0.15, 0.2) is 59.8 Å². The van der Waals surface area contributed by atoms with Crippen LogP contribution in [-0.2, 0) is 9.53 Å². The minimum atomic E-state index is -0.825. The van der Waals surface area contributed by atoms with Gasteiger partial charge in [0.2, 0.25) is 5.95 Å². The minimum absolute atomic E-state index is 0.0717. The van der Waals surface area contributed by atoms with Crippen molar-refractivity contribution in [2.45, 2.75) is 13.0 Å². The van der Waals surface area contributed by atoms with Gasteiger partial charge in [-0.3, -0.25) is 4.79 Å². The van der Waals surface area contributed by atoms with E-state index in [2.05, 4.69) is 20.8 Å². The van der Waals surface area contributed by atoms with E-state index >= 15 is 0 Å². The first-order valence-electron chi connectivity index (χ1n) is 9.44. The molecule has 0 radical (unpaired) electrons. The number of carbonyl (C=O) groups is 2. The normalized spacial score (nSPS) is 15.1. The highest BCUT2D eigenvalue weighted by Crippen LogP contribution is 2.37. The number of ether oxygens (including phenoxy) is 2. The molecule has 31 heavy (non-hydrogen) atoms. The lowest BCUT2D eigenvalue weighted by atomic mass is 9.89. The van der Waals surface area contributed by atoms with Gasteiger partial charge in [0, 0.05) is 5.56 Å². The number of carbonyl (C=O) groups excluding carboxylic acids is 2. The van der Waals surface area contributed by atoms with Crippen molar-refractivity contribution in [3.63, 3.8) is 0 Å². The quantitative estimate of drug-likeness (QED) is 0.476. The van der Waals surface area contributed by atoms with Crippen molar-refractivity contribution >= 4 is 17.7 Å². The summed E-state index contributed by atoms with van der Waals surface area (Å²) in [6.07, 6.45) is 0. The van der Waals surface area contributed by atoms with Crippen LogP contribution in [0.1, 0.15) is 28.9 Å². The fraction of sp³-hybridized carbons (Fsp3) is 0.190. The molecule has 3 aromatic rings. The molecule has 2 heterocycles. The summed E-state index contributed by atoms with van der Waals surface area (Å²) in [5.41, 5.74) is 0.831. The van der Waals surface area contributed by atoms with Crippen molar-refractivity contribution in [1.82, 2.24) is 20.2 Å². The van der Waals surface area contributed by atoms with Crippen molar-refractivity contribution in [3.05, 3.63) is 76.7 Å². The summed E-state index contributed by atoms with van der Waals surface area (Å²) >= 11 is 0. The van der Waals surface area contributed by atoms with E-state index in [1.165, 1.54) is 36.1 Å². The lowest BCUT2D eigenvalue weighted by molar-refractivity contribution is -0.136. The Morgan fingerprint density at radius 1 is 1.13 bits per heavy atom. The molecule has 0 saturated heterocycles. The fourth-order valence-electron chi connectivity index (χ4n) is 3.37. The number of halogens is 1. The van der Waals surface area contributed by atoms with Crippen molar-refractivity contribution in [2.75, 3.05) is 19.0 Å². The summed E-state index contributed by atoms with van der Waals surface area (Å²) in [6, 6.07) is 11.3. The monoisotopic (exact) mass is 423 g/mol. The third-order valence-electron chi connectivity index (χ3n) is 4.76. The van der Waals surface area contributed by atoms with Crippen LogP contribution >= 0.6 is 0 Å². The van der Waals surface area contributed by atoms with E-state index in [0.29, 0.717) is 17.9 Å². The highest BCUT2D eigenvalue weighted by atomic mass is 19.1. The van der Waals surface area contributed by atoms with E-state index in [4.69, 9.17) is 9.47 Å². The van der Waals surface area contributed by atoms with Gasteiger partial charge in [0.1, 0.15) is 23.3 Å². The number of benzene rings is 2. The van der Waals surface area contributed by atoms with E-state index in [1.807, 2.05) is 6.92 Å². The Kier molecular flexibility index (Phi) is 5.44. The van der Waals surface area contributed by atoms with Gasteiger partial charge in [-0.25, -0.2) is 9.18 Å². The molecule has 1 aromatic heterocycles. The molecule has 4 rings (SSSR count). The zero-order valence-corrected chi connectivity index (χ0v) is 16.7. The molecule has 0 unspecified atom stereocenters. The zero-order valence-electron chi connectivity index (χ0n) is 16.7. The second kappa shape index (κ2) is 8.34. The van der Waals surface area contributed by atoms with Gasteiger partial charge in [-0.05, 0) is 59.3 Å². The Morgan fingerprint density at radius 3 is 2.48 bits per heavy atom. The van der Waals surface area contributed by atoms with Crippen LogP contribution in [0.2, 0.25) is 0 Å². The Bertz CT molecular complexity index is 1160. The summed E-state index contributed by atoms with van der Waals surface area (Å²) in [5.74, 6) is -0.898. The highest BCUT2D eigenvalue weighted by Gasteiger charge is 2.38. The number of Topliss-reactive ketones (excluding diaryl/α,β-unsaturated/α-hetero) is 1. The number of ketones is 1. The molecule has 0 amide bonds. The molecule has 1 atom stereocenters. The number of aromatic nitrogens is 4. The maximum atomic E-state index is 13.5. The SMILES string of the molecule is CCOc1ccc([C@H]2C(C(=O)c3ccc(F)cc3)=C(C(=O)OC)Nc3nnnn32)cc1. The number of allylic oxidation sites excluding steroid dienone is 1. The van der Waals surface area contributed by atoms with Crippen LogP contribution in [0.3, 0.4) is 0 Å². The Labute approximate surface area is 176 Å². The first kappa shape index (κ1) is 20.2. The van der Waals surface area contributed by atoms with Crippen molar-refractivity contribution in [1.29, 1.82) is 0 Å². The molecule has 0 spiro atoms. The molecule has 9 nitrogen and oxygen atoms in total. The molecule has 0 fully saturated rings. The van der Waals surface area contributed by atoms with E-state index in [9.17, 15) is 14.0 Å². The molecular weight excluding hydrogens is 405 g/mol. The maximum Gasteiger partial charge on any atom is 0.355 e. The average molecular weight is 423 g/mol. The number of rotatable bonds is 6. The third kappa shape index (κ3) is 3.75. The van der Waals surface area contributed by atoms with Crippen molar-refractivity contribution in [2.24, 2.45) is 0 Å². The smallest absolute Gasteiger partial charge is 0.355 e. The Balaban J connectivity index is 1.89. The van der Waals surface area contributed by atoms with Gasteiger partial charge in [-0.2, -0.15) is 4.68 Å². The number of tetrazole rings is 1. The van der Waals surface area contributed by atoms with E-state index in [1.54, 1.807) is 24.3 Å². The standard InChI is InChI=1S/C21H18FN5O4/c1-3-31-15-10-6-12(7-11-15)18-16(19(28)13-4-8-14(22)9-5-13)17(20(29)30-2)23-21-24-25-26-27(18)21/h4-11,18H,3H2,1-2H3,(H,23,24,26)/t18-/m0/s1. The molecule has 2 aromatic carbocycles. The molecule has 0 saturated carbocycles. The number of hydrogen-bond acceptors (Lipinski definition) is 8. The van der Waals surface area contributed by atoms with E-state index < -0.39 is 23.6 Å². The lowest BCUT2D eigenvalue weighted by Crippen LogP contribution is -2.32. The molecule has 10 heteroatoms. The summed E-state index contributed by atoms with van der Waals surface area (Å²) in [6.45, 7) is 2.38. The number of esters is 1. The van der Waals surface area contributed by atoms with Gasteiger partial charge in [0.05, 0.1) is 19.3 Å². The van der Waals surface area contributed by atoms with Crippen LogP contribution < -0.4 is 10.1 Å². The maximum absolute atomic E-state index is 13.5. The predicted octanol–water partition coefficient (Wildman–Crippen LogP) is 2.54. The molecule has 1 aliphatic rings. The Morgan fingerprint density at radius 2 is 1.84 bits per heavy atom. The molecule has 1 N–H and O–H groups in total. The summed E-state index contributed by atoms with van der Waals surface area (Å²) < 4.78 is 25.2. The number of fused-ring (bicyclic) bond motifs is 1. The van der Waals surface area contributed by atoms with Gasteiger partial charge in [-0.15, -0.1) is 0 Å². The van der Waals surface area contributed by atoms with Crippen LogP contribution in [0.4, 0.5) is 10.3 Å². The van der Waals surface area contributed by atoms with Gasteiger partial charge in [-0.1, -0.05) is 17.2 Å². The summed E-state index contributed by atoms with van der Waals surface area (Å²) in [4.78, 5) is 26.1. The van der Waals surface area contributed by atoms with Crippen LogP contribution in [-0.4, -0.2) is 45.7 Å². The largest absolute Gasteiger partial charge is 0.494 e. The topological polar surface area (TPSA) is 108 Å². The number of hydrogen-bond donors (Lipinski definition) is 1. The van der Waals surface area contributed by atoms with Gasteiger partial charge >= 0.3 is 5.97 Å². The van der Waals surface area contributed by atoms with E-state index in [-0.39, 0.29) is 22.8 Å². The third-order valence-corrected chi connectivity index (χ3v) is 4.76. The average Bonchev–Trinajstić information content (AvgIpc) is 3.26. The van der Waals surface area contributed by atoms with E-state index in [0.717, 1.165) is 0 Å². The number of anilines is 1. The molecular formula is C21H18FN5O4. The second-order valence-electron chi connectivity index (χ2n) is 6.59. The van der Waals surface area contributed by atoms with Crippen LogP contribution in [0.5, 0.6) is 5.75 Å². The summed E-state index contributed by atoms with van der Waals surface area (Å²) in [5, 5.41) is 14.3. The van der Waals surface area contributed by atoms with Gasteiger partial charge in [0.15, 0.2) is 5.78 Å². The van der Waals surface area contributed by atoms with Crippen LogP contribution in [0.25, 0.3) is 0 Å². The predicted molar refractivity (Wildman–Crippen MR) is 107 cm³/mol. The first-order chi connectivity index (χ1) is 15.0. The van der Waals surface area contributed by atoms with Crippen molar-refractivity contribution in [3.8, 4) is 5.75 Å². The molecule has 158 valence electrons. The second-order valence-corrected chi connectivity index (χ2v) is 6.59. The van der Waals surface area contributed by atoms with Gasteiger partial charge < -0.3 is 14.8 Å².